The number of aromatic nitrogens is 1. The third-order valence-corrected chi connectivity index (χ3v) is 5.42. The lowest BCUT2D eigenvalue weighted by Crippen LogP contribution is -2.35. The predicted molar refractivity (Wildman–Crippen MR) is 93.9 cm³/mol. The molecule has 0 aliphatic carbocycles. The Kier molecular flexibility index (Phi) is 5.66. The highest BCUT2D eigenvalue weighted by molar-refractivity contribution is 7.89. The number of nitrogens with one attached hydrogen (secondary N) is 1. The van der Waals surface area contributed by atoms with Crippen molar-refractivity contribution in [3.63, 3.8) is 0 Å². The molecule has 25 heavy (non-hydrogen) atoms. The van der Waals surface area contributed by atoms with Gasteiger partial charge in [-0.1, -0.05) is 18.2 Å². The molecule has 0 fully saturated rings. The fraction of sp³-hybridized carbons (Fsp3) is 0.235. The van der Waals surface area contributed by atoms with Crippen molar-refractivity contribution in [2.24, 2.45) is 0 Å². The summed E-state index contributed by atoms with van der Waals surface area (Å²) in [5.74, 6) is -0.250. The van der Waals surface area contributed by atoms with E-state index in [1.54, 1.807) is 25.3 Å². The SMILES string of the molecule is CC(=O)c1ccc(S(=O)(=O)N(C)CC(=O)Nc2ncccc2C)cc1. The summed E-state index contributed by atoms with van der Waals surface area (Å²) in [5, 5.41) is 2.59. The van der Waals surface area contributed by atoms with Gasteiger partial charge in [0.1, 0.15) is 5.82 Å². The van der Waals surface area contributed by atoms with Crippen molar-refractivity contribution < 1.29 is 18.0 Å². The molecule has 0 radical (unpaired) electrons. The van der Waals surface area contributed by atoms with Gasteiger partial charge in [-0.05, 0) is 37.6 Å². The summed E-state index contributed by atoms with van der Waals surface area (Å²) in [6.45, 7) is 2.84. The van der Waals surface area contributed by atoms with Crippen LogP contribution in [0.4, 0.5) is 5.82 Å². The van der Waals surface area contributed by atoms with Crippen LogP contribution in [0.15, 0.2) is 47.5 Å². The van der Waals surface area contributed by atoms with Gasteiger partial charge < -0.3 is 5.32 Å². The molecule has 2 rings (SSSR count). The Morgan fingerprint density at radius 1 is 1.16 bits per heavy atom. The number of anilines is 1. The summed E-state index contributed by atoms with van der Waals surface area (Å²) in [4.78, 5) is 27.4. The number of likely N-dealkylation sites (N-methyl/N-ethyl adjacent to an activating group) is 1. The number of benzene rings is 1. The maximum atomic E-state index is 12.5. The highest BCUT2D eigenvalue weighted by Crippen LogP contribution is 2.16. The van der Waals surface area contributed by atoms with E-state index in [0.29, 0.717) is 11.4 Å². The third-order valence-electron chi connectivity index (χ3n) is 3.60. The minimum atomic E-state index is -3.84. The second-order valence-corrected chi connectivity index (χ2v) is 7.60. The lowest BCUT2D eigenvalue weighted by molar-refractivity contribution is -0.116. The van der Waals surface area contributed by atoms with Crippen molar-refractivity contribution in [2.75, 3.05) is 18.9 Å². The normalized spacial score (nSPS) is 11.4. The van der Waals surface area contributed by atoms with E-state index in [0.717, 1.165) is 9.87 Å². The van der Waals surface area contributed by atoms with Gasteiger partial charge >= 0.3 is 0 Å². The second kappa shape index (κ2) is 7.54. The smallest absolute Gasteiger partial charge is 0.243 e. The Morgan fingerprint density at radius 2 is 1.80 bits per heavy atom. The number of aryl methyl sites for hydroxylation is 1. The molecule has 0 atom stereocenters. The first-order chi connectivity index (χ1) is 11.7. The summed E-state index contributed by atoms with van der Waals surface area (Å²) >= 11 is 0. The average Bonchev–Trinajstić information content (AvgIpc) is 2.57. The molecule has 7 nitrogen and oxygen atoms in total. The largest absolute Gasteiger partial charge is 0.309 e. The highest BCUT2D eigenvalue weighted by Gasteiger charge is 2.23. The maximum Gasteiger partial charge on any atom is 0.243 e. The van der Waals surface area contributed by atoms with Gasteiger partial charge in [0.2, 0.25) is 15.9 Å². The number of rotatable bonds is 6. The highest BCUT2D eigenvalue weighted by atomic mass is 32.2. The van der Waals surface area contributed by atoms with Crippen LogP contribution in [0.1, 0.15) is 22.8 Å². The summed E-state index contributed by atoms with van der Waals surface area (Å²) in [6, 6.07) is 9.12. The van der Waals surface area contributed by atoms with E-state index in [-0.39, 0.29) is 17.2 Å². The fourth-order valence-corrected chi connectivity index (χ4v) is 3.24. The number of nitrogens with zero attached hydrogens (tertiary/aromatic N) is 2. The van der Waals surface area contributed by atoms with Crippen molar-refractivity contribution in [1.29, 1.82) is 0 Å². The van der Waals surface area contributed by atoms with Gasteiger partial charge in [-0.15, -0.1) is 0 Å². The molecular weight excluding hydrogens is 342 g/mol. The van der Waals surface area contributed by atoms with Gasteiger partial charge in [0.25, 0.3) is 0 Å². The minimum Gasteiger partial charge on any atom is -0.309 e. The number of pyridine rings is 1. The Hall–Kier alpha value is -2.58. The fourth-order valence-electron chi connectivity index (χ4n) is 2.12. The quantitative estimate of drug-likeness (QED) is 0.792. The number of hydrogen-bond donors (Lipinski definition) is 1. The summed E-state index contributed by atoms with van der Waals surface area (Å²) in [6.07, 6.45) is 1.54. The van der Waals surface area contributed by atoms with Gasteiger partial charge in [-0.3, -0.25) is 9.59 Å². The topological polar surface area (TPSA) is 96.4 Å². The summed E-state index contributed by atoms with van der Waals surface area (Å²) in [5.41, 5.74) is 1.20. The van der Waals surface area contributed by atoms with Crippen molar-refractivity contribution in [3.8, 4) is 0 Å². The molecule has 1 aromatic heterocycles. The molecule has 8 heteroatoms. The summed E-state index contributed by atoms with van der Waals surface area (Å²) < 4.78 is 26.0. The molecule has 1 heterocycles. The lowest BCUT2D eigenvalue weighted by atomic mass is 10.2. The van der Waals surface area contributed by atoms with E-state index in [4.69, 9.17) is 0 Å². The Labute approximate surface area is 146 Å². The van der Waals surface area contributed by atoms with Gasteiger partial charge in [0, 0.05) is 18.8 Å². The van der Waals surface area contributed by atoms with Crippen LogP contribution >= 0.6 is 0 Å². The van der Waals surface area contributed by atoms with Crippen molar-refractivity contribution in [1.82, 2.24) is 9.29 Å². The Balaban J connectivity index is 2.10. The predicted octanol–water partition coefficient (Wildman–Crippen LogP) is 1.85. The van der Waals surface area contributed by atoms with Crippen LogP contribution in [0.25, 0.3) is 0 Å². The molecule has 0 unspecified atom stereocenters. The number of carbonyl (C=O) groups excluding carboxylic acids is 2. The van der Waals surface area contributed by atoms with Crippen molar-refractivity contribution in [2.45, 2.75) is 18.7 Å². The van der Waals surface area contributed by atoms with E-state index in [1.165, 1.54) is 38.2 Å². The second-order valence-electron chi connectivity index (χ2n) is 5.56. The van der Waals surface area contributed by atoms with Gasteiger partial charge in [-0.2, -0.15) is 4.31 Å². The first-order valence-electron chi connectivity index (χ1n) is 7.50. The number of ketones is 1. The Morgan fingerprint density at radius 3 is 2.36 bits per heavy atom. The molecular formula is C17H19N3O4S. The van der Waals surface area contributed by atoms with Gasteiger partial charge in [0.05, 0.1) is 11.4 Å². The first-order valence-corrected chi connectivity index (χ1v) is 8.94. The first kappa shape index (κ1) is 18.8. The van der Waals surface area contributed by atoms with E-state index in [1.807, 2.05) is 0 Å². The van der Waals surface area contributed by atoms with Crippen LogP contribution in [-0.4, -0.2) is 43.0 Å². The summed E-state index contributed by atoms with van der Waals surface area (Å²) in [7, 11) is -2.52. The lowest BCUT2D eigenvalue weighted by Gasteiger charge is -2.17. The molecule has 0 aliphatic rings. The molecule has 0 saturated carbocycles. The van der Waals surface area contributed by atoms with E-state index >= 15 is 0 Å². The monoisotopic (exact) mass is 361 g/mol. The third kappa shape index (κ3) is 4.49. The van der Waals surface area contributed by atoms with Crippen molar-refractivity contribution >= 4 is 27.5 Å². The van der Waals surface area contributed by atoms with E-state index in [9.17, 15) is 18.0 Å². The molecule has 0 spiro atoms. The van der Waals surface area contributed by atoms with Gasteiger partial charge in [0.15, 0.2) is 5.78 Å². The average molecular weight is 361 g/mol. The number of amides is 1. The number of hydrogen-bond acceptors (Lipinski definition) is 5. The molecule has 1 N–H and O–H groups in total. The molecule has 132 valence electrons. The van der Waals surface area contributed by atoms with Crippen LogP contribution in [-0.2, 0) is 14.8 Å². The molecule has 1 amide bonds. The van der Waals surface area contributed by atoms with E-state index < -0.39 is 15.9 Å². The molecule has 0 bridgehead atoms. The van der Waals surface area contributed by atoms with Crippen LogP contribution in [0.2, 0.25) is 0 Å². The number of Topliss-reactive ketones (excluding diaryl/α,β-unsaturated/α-hetero) is 1. The Bertz CT molecular complexity index is 892. The van der Waals surface area contributed by atoms with Crippen LogP contribution in [0, 0.1) is 6.92 Å². The molecule has 1 aromatic carbocycles. The van der Waals surface area contributed by atoms with Crippen LogP contribution in [0.3, 0.4) is 0 Å². The zero-order valence-corrected chi connectivity index (χ0v) is 15.0. The standard InChI is InChI=1S/C17H19N3O4S/c1-12-5-4-10-18-17(12)19-16(22)11-20(3)25(23,24)15-8-6-14(7-9-15)13(2)21/h4-10H,11H2,1-3H3,(H,18,19,22). The van der Waals surface area contributed by atoms with Crippen LogP contribution < -0.4 is 5.32 Å². The molecule has 2 aromatic rings. The van der Waals surface area contributed by atoms with Crippen molar-refractivity contribution in [3.05, 3.63) is 53.7 Å². The zero-order chi connectivity index (χ0) is 18.6. The van der Waals surface area contributed by atoms with Crippen LogP contribution in [0.5, 0.6) is 0 Å². The number of carbonyl (C=O) groups is 2. The molecule has 0 aliphatic heterocycles. The maximum absolute atomic E-state index is 12.5. The van der Waals surface area contributed by atoms with Gasteiger partial charge in [-0.25, -0.2) is 13.4 Å². The zero-order valence-electron chi connectivity index (χ0n) is 14.2. The minimum absolute atomic E-state index is 0.0156. The number of sulfonamides is 1. The van der Waals surface area contributed by atoms with E-state index in [2.05, 4.69) is 10.3 Å². The molecule has 0 saturated heterocycles.